The minimum atomic E-state index is -5.48. The number of hydrogen-bond acceptors (Lipinski definition) is 4. The van der Waals surface area contributed by atoms with Crippen LogP contribution in [0, 0.1) is 0 Å². The maximum atomic E-state index is 12.2. The van der Waals surface area contributed by atoms with Crippen molar-refractivity contribution < 1.29 is 45.4 Å². The molecule has 0 aliphatic heterocycles. The maximum absolute atomic E-state index is 12.2. The lowest BCUT2D eigenvalue weighted by Crippen LogP contribution is -2.40. The molecular formula is C11H5F6IO4. The molecule has 0 fully saturated rings. The van der Waals surface area contributed by atoms with Crippen LogP contribution < -0.4 is 0 Å². The standard InChI is InChI=1S/C11H5F6IO4/c12-9(13,14)7(19)21-11(18,6-4-2-1-3-5-6)22-8(20)10(15,16)17/h1-5H. The second-order valence-electron chi connectivity index (χ2n) is 3.68. The van der Waals surface area contributed by atoms with E-state index in [0.717, 1.165) is 34.7 Å². The van der Waals surface area contributed by atoms with Crippen molar-refractivity contribution >= 4 is 34.5 Å². The first kappa shape index (κ1) is 18.5. The number of benzene rings is 1. The van der Waals surface area contributed by atoms with Crippen LogP contribution in [-0.2, 0) is 22.9 Å². The van der Waals surface area contributed by atoms with Crippen LogP contribution in [0.5, 0.6) is 0 Å². The maximum Gasteiger partial charge on any atom is 0.491 e. The van der Waals surface area contributed by atoms with Crippen LogP contribution >= 0.6 is 22.6 Å². The Balaban J connectivity index is 3.16. The molecule has 1 rings (SSSR count). The van der Waals surface area contributed by atoms with Crippen molar-refractivity contribution in [2.45, 2.75) is 16.1 Å². The van der Waals surface area contributed by atoms with Crippen LogP contribution in [0.3, 0.4) is 0 Å². The molecule has 1 aromatic rings. The first-order chi connectivity index (χ1) is 9.86. The number of esters is 2. The summed E-state index contributed by atoms with van der Waals surface area (Å²) in [5.74, 6) is -5.61. The third-order valence-electron chi connectivity index (χ3n) is 2.03. The zero-order valence-electron chi connectivity index (χ0n) is 10.2. The van der Waals surface area contributed by atoms with Crippen LogP contribution in [0.2, 0.25) is 0 Å². The van der Waals surface area contributed by atoms with Gasteiger partial charge in [-0.15, -0.1) is 0 Å². The Morgan fingerprint density at radius 3 is 1.50 bits per heavy atom. The van der Waals surface area contributed by atoms with Gasteiger partial charge in [-0.1, -0.05) is 30.3 Å². The zero-order chi connectivity index (χ0) is 17.2. The molecule has 0 aromatic heterocycles. The van der Waals surface area contributed by atoms with Gasteiger partial charge in [0.15, 0.2) is 0 Å². The van der Waals surface area contributed by atoms with E-state index in [1.54, 1.807) is 0 Å². The van der Waals surface area contributed by atoms with Crippen LogP contribution in [0.15, 0.2) is 30.3 Å². The molecule has 4 nitrogen and oxygen atoms in total. The molecule has 0 amide bonds. The molecule has 0 saturated heterocycles. The monoisotopic (exact) mass is 442 g/mol. The van der Waals surface area contributed by atoms with Crippen molar-refractivity contribution in [3.8, 4) is 0 Å². The van der Waals surface area contributed by atoms with Crippen molar-refractivity contribution in [3.63, 3.8) is 0 Å². The third kappa shape index (κ3) is 4.74. The largest absolute Gasteiger partial charge is 0.491 e. The molecule has 0 radical (unpaired) electrons. The summed E-state index contributed by atoms with van der Waals surface area (Å²) in [6.45, 7) is 0. The minimum Gasteiger partial charge on any atom is -0.402 e. The zero-order valence-corrected chi connectivity index (χ0v) is 12.3. The van der Waals surface area contributed by atoms with E-state index in [-0.39, 0.29) is 0 Å². The number of carbonyl (C=O) groups is 2. The normalized spacial score (nSPS) is 12.7. The molecule has 0 spiro atoms. The van der Waals surface area contributed by atoms with E-state index in [1.807, 2.05) is 0 Å². The van der Waals surface area contributed by atoms with Gasteiger partial charge in [0.2, 0.25) is 0 Å². The van der Waals surface area contributed by atoms with E-state index in [2.05, 4.69) is 9.47 Å². The molecule has 0 atom stereocenters. The number of ether oxygens (including phenoxy) is 2. The van der Waals surface area contributed by atoms with Gasteiger partial charge in [0.05, 0.1) is 0 Å². The summed E-state index contributed by atoms with van der Waals surface area (Å²) in [4.78, 5) is 21.7. The highest BCUT2D eigenvalue weighted by Crippen LogP contribution is 2.38. The number of carbonyl (C=O) groups excluding carboxylic acids is 2. The molecule has 0 aliphatic rings. The molecule has 0 saturated carbocycles. The van der Waals surface area contributed by atoms with Crippen molar-refractivity contribution in [1.29, 1.82) is 0 Å². The Morgan fingerprint density at radius 2 is 1.18 bits per heavy atom. The molecule has 22 heavy (non-hydrogen) atoms. The molecule has 0 aliphatic carbocycles. The van der Waals surface area contributed by atoms with Gasteiger partial charge in [-0.05, 0) is 0 Å². The fourth-order valence-corrected chi connectivity index (χ4v) is 1.89. The number of halogens is 7. The van der Waals surface area contributed by atoms with Gasteiger partial charge < -0.3 is 9.47 Å². The summed E-state index contributed by atoms with van der Waals surface area (Å²) in [7, 11) is 0. The molecule has 11 heteroatoms. The summed E-state index contributed by atoms with van der Waals surface area (Å²) in [5.41, 5.74) is -0.397. The molecule has 0 heterocycles. The Morgan fingerprint density at radius 1 is 0.818 bits per heavy atom. The highest BCUT2D eigenvalue weighted by molar-refractivity contribution is 14.1. The number of alkyl halides is 7. The van der Waals surface area contributed by atoms with Crippen molar-refractivity contribution in [1.82, 2.24) is 0 Å². The van der Waals surface area contributed by atoms with Crippen molar-refractivity contribution in [2.24, 2.45) is 0 Å². The SMILES string of the molecule is O=C(OC(I)(OC(=O)C(F)(F)F)c1ccccc1)C(F)(F)F. The van der Waals surface area contributed by atoms with Crippen LogP contribution in [0.25, 0.3) is 0 Å². The summed E-state index contributed by atoms with van der Waals surface area (Å²) >= 11 is 0.865. The van der Waals surface area contributed by atoms with Crippen molar-refractivity contribution in [3.05, 3.63) is 35.9 Å². The van der Waals surface area contributed by atoms with Gasteiger partial charge in [0.1, 0.15) is 0 Å². The predicted molar refractivity (Wildman–Crippen MR) is 66.4 cm³/mol. The second kappa shape index (κ2) is 6.30. The molecule has 0 bridgehead atoms. The minimum absolute atomic E-state index is 0.397. The molecule has 0 N–H and O–H groups in total. The molecular weight excluding hydrogens is 437 g/mol. The Kier molecular flexibility index (Phi) is 5.30. The fraction of sp³-hybridized carbons (Fsp3) is 0.273. The first-order valence-electron chi connectivity index (χ1n) is 5.21. The van der Waals surface area contributed by atoms with Crippen LogP contribution in [-0.4, -0.2) is 24.3 Å². The van der Waals surface area contributed by atoms with E-state index < -0.39 is 33.6 Å². The van der Waals surface area contributed by atoms with Gasteiger partial charge in [0.25, 0.3) is 0 Å². The van der Waals surface area contributed by atoms with Gasteiger partial charge in [-0.3, -0.25) is 0 Å². The molecule has 1 aromatic carbocycles. The average molecular weight is 442 g/mol. The summed E-state index contributed by atoms with van der Waals surface area (Å²) in [5, 5.41) is 0. The lowest BCUT2D eigenvalue weighted by atomic mass is 10.2. The quantitative estimate of drug-likeness (QED) is 0.237. The summed E-state index contributed by atoms with van der Waals surface area (Å²) in [6.07, 6.45) is -11.0. The van der Waals surface area contributed by atoms with E-state index in [9.17, 15) is 35.9 Å². The van der Waals surface area contributed by atoms with E-state index in [4.69, 9.17) is 0 Å². The molecule has 122 valence electrons. The Bertz CT molecular complexity index is 526. The lowest BCUT2D eigenvalue weighted by molar-refractivity contribution is -0.247. The summed E-state index contributed by atoms with van der Waals surface area (Å²) in [6, 6.07) is 5.94. The first-order valence-corrected chi connectivity index (χ1v) is 6.29. The van der Waals surface area contributed by atoms with Crippen LogP contribution in [0.4, 0.5) is 26.3 Å². The number of rotatable bonds is 3. The van der Waals surface area contributed by atoms with Gasteiger partial charge in [-0.25, -0.2) is 9.59 Å². The van der Waals surface area contributed by atoms with E-state index >= 15 is 0 Å². The third-order valence-corrected chi connectivity index (χ3v) is 3.09. The van der Waals surface area contributed by atoms with Gasteiger partial charge >= 0.3 is 28.1 Å². The Hall–Kier alpha value is -1.53. The topological polar surface area (TPSA) is 52.6 Å². The van der Waals surface area contributed by atoms with Gasteiger partial charge in [-0.2, -0.15) is 26.3 Å². The predicted octanol–water partition coefficient (Wildman–Crippen LogP) is 3.44. The smallest absolute Gasteiger partial charge is 0.402 e. The average Bonchev–Trinajstić information content (AvgIpc) is 2.37. The van der Waals surface area contributed by atoms with Gasteiger partial charge in [0, 0.05) is 28.2 Å². The Labute approximate surface area is 132 Å². The highest BCUT2D eigenvalue weighted by atomic mass is 127. The lowest BCUT2D eigenvalue weighted by Gasteiger charge is -2.28. The van der Waals surface area contributed by atoms with Crippen molar-refractivity contribution in [2.75, 3.05) is 0 Å². The summed E-state index contributed by atoms with van der Waals surface area (Å²) < 4.78 is 78.3. The van der Waals surface area contributed by atoms with Crippen LogP contribution in [0.1, 0.15) is 5.56 Å². The fourth-order valence-electron chi connectivity index (χ4n) is 1.13. The number of hydrogen-bond donors (Lipinski definition) is 0. The van der Waals surface area contributed by atoms with E-state index in [1.165, 1.54) is 18.2 Å². The molecule has 0 unspecified atom stereocenters. The highest BCUT2D eigenvalue weighted by Gasteiger charge is 2.52. The second-order valence-corrected chi connectivity index (χ2v) is 5.10. The van der Waals surface area contributed by atoms with E-state index in [0.29, 0.717) is 0 Å².